The number of nitrogens with two attached hydrogens (primary N) is 1. The number of halogens is 3. The van der Waals surface area contributed by atoms with E-state index in [4.69, 9.17) is 5.73 Å². The average Bonchev–Trinajstić information content (AvgIpc) is 2.82. The molecule has 1 aromatic rings. The van der Waals surface area contributed by atoms with Crippen molar-refractivity contribution >= 4 is 0 Å². The van der Waals surface area contributed by atoms with Gasteiger partial charge in [-0.2, -0.15) is 0 Å². The van der Waals surface area contributed by atoms with E-state index in [1.54, 1.807) is 12.1 Å². The van der Waals surface area contributed by atoms with Crippen molar-refractivity contribution in [2.75, 3.05) is 0 Å². The second-order valence-electron chi connectivity index (χ2n) is 5.54. The number of hydrogen-bond donors (Lipinski definition) is 1. The lowest BCUT2D eigenvalue weighted by Crippen LogP contribution is -2.25. The maximum absolute atomic E-state index is 12.0. The molecule has 1 atom stereocenters. The van der Waals surface area contributed by atoms with Gasteiger partial charge < -0.3 is 10.5 Å². The molecular formula is C15H20F3NO. The number of benzene rings is 1. The minimum absolute atomic E-state index is 0.0764. The van der Waals surface area contributed by atoms with Crippen LogP contribution in [0.15, 0.2) is 24.3 Å². The van der Waals surface area contributed by atoms with Crippen molar-refractivity contribution in [1.29, 1.82) is 0 Å². The molecule has 5 heteroatoms. The Balaban J connectivity index is 1.83. The fraction of sp³-hybridized carbons (Fsp3) is 0.600. The standard InChI is InChI=1S/C15H20F3NO/c16-15(17,18)20-14-7-5-12(6-8-14)10-13(19)9-11-3-1-2-4-11/h5-8,11,13H,1-4,9-10,19H2. The van der Waals surface area contributed by atoms with Crippen LogP contribution in [0.1, 0.15) is 37.7 Å². The minimum Gasteiger partial charge on any atom is -0.406 e. The highest BCUT2D eigenvalue weighted by Crippen LogP contribution is 2.29. The summed E-state index contributed by atoms with van der Waals surface area (Å²) in [6, 6.07) is 6.05. The minimum atomic E-state index is -4.64. The zero-order chi connectivity index (χ0) is 14.6. The van der Waals surface area contributed by atoms with Crippen LogP contribution in [-0.2, 0) is 6.42 Å². The Morgan fingerprint density at radius 1 is 1.15 bits per heavy atom. The first-order chi connectivity index (χ1) is 9.42. The van der Waals surface area contributed by atoms with Gasteiger partial charge >= 0.3 is 6.36 Å². The highest BCUT2D eigenvalue weighted by Gasteiger charge is 2.30. The van der Waals surface area contributed by atoms with Crippen LogP contribution in [0.5, 0.6) is 5.75 Å². The highest BCUT2D eigenvalue weighted by atomic mass is 19.4. The van der Waals surface area contributed by atoms with Crippen molar-refractivity contribution in [2.24, 2.45) is 11.7 Å². The molecule has 2 rings (SSSR count). The summed E-state index contributed by atoms with van der Waals surface area (Å²) in [6.07, 6.45) is 2.16. The fourth-order valence-corrected chi connectivity index (χ4v) is 2.89. The first-order valence-corrected chi connectivity index (χ1v) is 7.02. The molecule has 0 bridgehead atoms. The van der Waals surface area contributed by atoms with Crippen LogP contribution in [0, 0.1) is 5.92 Å². The van der Waals surface area contributed by atoms with E-state index in [1.165, 1.54) is 37.8 Å². The second kappa shape index (κ2) is 6.48. The molecule has 1 aliphatic carbocycles. The molecule has 1 fully saturated rings. The zero-order valence-corrected chi connectivity index (χ0v) is 11.3. The van der Waals surface area contributed by atoms with Crippen molar-refractivity contribution in [2.45, 2.75) is 50.9 Å². The third-order valence-electron chi connectivity index (χ3n) is 3.77. The SMILES string of the molecule is NC(Cc1ccc(OC(F)(F)F)cc1)CC1CCCC1. The van der Waals surface area contributed by atoms with E-state index in [0.717, 1.165) is 17.9 Å². The van der Waals surface area contributed by atoms with E-state index >= 15 is 0 Å². The summed E-state index contributed by atoms with van der Waals surface area (Å²) in [6.45, 7) is 0. The molecule has 0 aromatic heterocycles. The molecule has 1 unspecified atom stereocenters. The molecule has 2 nitrogen and oxygen atoms in total. The molecule has 0 heterocycles. The van der Waals surface area contributed by atoms with Crippen LogP contribution in [0.4, 0.5) is 13.2 Å². The Morgan fingerprint density at radius 2 is 1.75 bits per heavy atom. The van der Waals surface area contributed by atoms with Crippen molar-refractivity contribution in [1.82, 2.24) is 0 Å². The van der Waals surface area contributed by atoms with E-state index in [1.807, 2.05) is 0 Å². The zero-order valence-electron chi connectivity index (χ0n) is 11.3. The first-order valence-electron chi connectivity index (χ1n) is 7.02. The molecule has 0 radical (unpaired) electrons. The van der Waals surface area contributed by atoms with Gasteiger partial charge in [0, 0.05) is 6.04 Å². The second-order valence-corrected chi connectivity index (χ2v) is 5.54. The lowest BCUT2D eigenvalue weighted by atomic mass is 9.94. The molecular weight excluding hydrogens is 267 g/mol. The summed E-state index contributed by atoms with van der Waals surface area (Å²) in [5, 5.41) is 0. The predicted octanol–water partition coefficient (Wildman–Crippen LogP) is 4.04. The molecule has 0 amide bonds. The van der Waals surface area contributed by atoms with E-state index in [2.05, 4.69) is 4.74 Å². The summed E-state index contributed by atoms with van der Waals surface area (Å²) in [4.78, 5) is 0. The summed E-state index contributed by atoms with van der Waals surface area (Å²) < 4.78 is 39.9. The Bertz CT molecular complexity index is 410. The van der Waals surface area contributed by atoms with Gasteiger partial charge in [0.05, 0.1) is 0 Å². The largest absolute Gasteiger partial charge is 0.573 e. The summed E-state index contributed by atoms with van der Waals surface area (Å²) in [5.74, 6) is 0.531. The Kier molecular flexibility index (Phi) is 4.91. The van der Waals surface area contributed by atoms with E-state index in [-0.39, 0.29) is 11.8 Å². The van der Waals surface area contributed by atoms with Gasteiger partial charge in [-0.3, -0.25) is 0 Å². The maximum Gasteiger partial charge on any atom is 0.573 e. The lowest BCUT2D eigenvalue weighted by molar-refractivity contribution is -0.274. The molecule has 0 aliphatic heterocycles. The first kappa shape index (κ1) is 15.2. The van der Waals surface area contributed by atoms with Gasteiger partial charge in [0.25, 0.3) is 0 Å². The number of rotatable bonds is 5. The van der Waals surface area contributed by atoms with Crippen molar-refractivity contribution in [3.8, 4) is 5.75 Å². The van der Waals surface area contributed by atoms with Gasteiger partial charge in [-0.05, 0) is 36.5 Å². The molecule has 0 saturated heterocycles. The van der Waals surface area contributed by atoms with Crippen LogP contribution in [-0.4, -0.2) is 12.4 Å². The van der Waals surface area contributed by atoms with E-state index in [0.29, 0.717) is 6.42 Å². The topological polar surface area (TPSA) is 35.2 Å². The third-order valence-corrected chi connectivity index (χ3v) is 3.77. The number of alkyl halides is 3. The maximum atomic E-state index is 12.0. The summed E-state index contributed by atoms with van der Waals surface area (Å²) in [5.41, 5.74) is 7.06. The number of ether oxygens (including phenoxy) is 1. The predicted molar refractivity (Wildman–Crippen MR) is 71.4 cm³/mol. The van der Waals surface area contributed by atoms with E-state index in [9.17, 15) is 13.2 Å². The van der Waals surface area contributed by atoms with E-state index < -0.39 is 6.36 Å². The third kappa shape index (κ3) is 5.04. The van der Waals surface area contributed by atoms with Crippen LogP contribution in [0.25, 0.3) is 0 Å². The monoisotopic (exact) mass is 287 g/mol. The van der Waals surface area contributed by atoms with Gasteiger partial charge in [0.15, 0.2) is 0 Å². The Morgan fingerprint density at radius 3 is 2.30 bits per heavy atom. The molecule has 112 valence electrons. The van der Waals surface area contributed by atoms with Gasteiger partial charge in [-0.15, -0.1) is 13.2 Å². The van der Waals surface area contributed by atoms with Crippen LogP contribution in [0.3, 0.4) is 0 Å². The Hall–Kier alpha value is -1.23. The van der Waals surface area contributed by atoms with Gasteiger partial charge in [-0.25, -0.2) is 0 Å². The number of hydrogen-bond acceptors (Lipinski definition) is 2. The normalized spacial score (nSPS) is 18.2. The summed E-state index contributed by atoms with van der Waals surface area (Å²) in [7, 11) is 0. The average molecular weight is 287 g/mol. The van der Waals surface area contributed by atoms with Crippen LogP contribution < -0.4 is 10.5 Å². The van der Waals surface area contributed by atoms with Crippen LogP contribution >= 0.6 is 0 Å². The molecule has 0 spiro atoms. The Labute approximate surface area is 117 Å². The molecule has 2 N–H and O–H groups in total. The fourth-order valence-electron chi connectivity index (χ4n) is 2.89. The van der Waals surface area contributed by atoms with Gasteiger partial charge in [0.1, 0.15) is 5.75 Å². The summed E-state index contributed by atoms with van der Waals surface area (Å²) >= 11 is 0. The molecule has 1 aliphatic rings. The van der Waals surface area contributed by atoms with Gasteiger partial charge in [0.2, 0.25) is 0 Å². The lowest BCUT2D eigenvalue weighted by Gasteiger charge is -2.16. The van der Waals surface area contributed by atoms with Gasteiger partial charge in [-0.1, -0.05) is 37.8 Å². The molecule has 1 aromatic carbocycles. The highest BCUT2D eigenvalue weighted by molar-refractivity contribution is 5.27. The van der Waals surface area contributed by atoms with Crippen LogP contribution in [0.2, 0.25) is 0 Å². The van der Waals surface area contributed by atoms with Crippen molar-refractivity contribution in [3.63, 3.8) is 0 Å². The van der Waals surface area contributed by atoms with Crippen molar-refractivity contribution in [3.05, 3.63) is 29.8 Å². The quantitative estimate of drug-likeness (QED) is 0.887. The van der Waals surface area contributed by atoms with Crippen molar-refractivity contribution < 1.29 is 17.9 Å². The molecule has 1 saturated carbocycles. The molecule has 20 heavy (non-hydrogen) atoms. The smallest absolute Gasteiger partial charge is 0.406 e.